The van der Waals surface area contributed by atoms with E-state index >= 15 is 0 Å². The zero-order valence-corrected chi connectivity index (χ0v) is 19.4. The largest absolute Gasteiger partial charge is 0.495 e. The Kier molecular flexibility index (Phi) is 5.68. The molecule has 2 aliphatic carbocycles. The molecule has 3 N–H and O–H groups in total. The van der Waals surface area contributed by atoms with E-state index in [4.69, 9.17) is 9.47 Å². The van der Waals surface area contributed by atoms with Crippen LogP contribution in [0.4, 0.5) is 0 Å². The highest BCUT2D eigenvalue weighted by molar-refractivity contribution is 5.61. The Morgan fingerprint density at radius 2 is 2.03 bits per heavy atom. The van der Waals surface area contributed by atoms with Crippen molar-refractivity contribution in [2.24, 2.45) is 5.92 Å². The first-order valence-corrected chi connectivity index (χ1v) is 11.7. The van der Waals surface area contributed by atoms with Crippen molar-refractivity contribution in [2.75, 3.05) is 20.2 Å². The molecule has 0 radical (unpaired) electrons. The number of allylic oxidation sites excluding steroid dienone is 3. The number of aromatic nitrogens is 1. The molecule has 1 aromatic heterocycles. The number of ether oxygens (including phenoxy) is 2. The maximum Gasteiger partial charge on any atom is 0.173 e. The van der Waals surface area contributed by atoms with Crippen LogP contribution in [-0.2, 0) is 5.60 Å². The molecular weight excluding hydrogens is 430 g/mol. The van der Waals surface area contributed by atoms with E-state index in [1.54, 1.807) is 18.5 Å². The van der Waals surface area contributed by atoms with Crippen LogP contribution in [0.1, 0.15) is 36.8 Å². The van der Waals surface area contributed by atoms with E-state index < -0.39 is 17.3 Å². The molecule has 3 aliphatic rings. The molecular formula is C27H29N3O4. The van der Waals surface area contributed by atoms with Gasteiger partial charge in [-0.2, -0.15) is 5.26 Å². The van der Waals surface area contributed by atoms with Crippen molar-refractivity contribution in [3.05, 3.63) is 77.2 Å². The normalized spacial score (nSPS) is 31.6. The zero-order chi connectivity index (χ0) is 23.9. The van der Waals surface area contributed by atoms with Crippen LogP contribution in [0.15, 0.2) is 66.0 Å². The van der Waals surface area contributed by atoms with E-state index in [9.17, 15) is 15.5 Å². The van der Waals surface area contributed by atoms with Crippen LogP contribution in [0.2, 0.25) is 0 Å². The summed E-state index contributed by atoms with van der Waals surface area (Å²) in [5.74, 6) is 0.0648. The summed E-state index contributed by atoms with van der Waals surface area (Å²) in [6.07, 6.45) is 6.74. The van der Waals surface area contributed by atoms with Crippen molar-refractivity contribution < 1.29 is 19.7 Å². The van der Waals surface area contributed by atoms with Gasteiger partial charge in [-0.15, -0.1) is 0 Å². The van der Waals surface area contributed by atoms with Crippen molar-refractivity contribution in [3.63, 3.8) is 0 Å². The summed E-state index contributed by atoms with van der Waals surface area (Å²) >= 11 is 0. The number of hydrogen-bond donors (Lipinski definition) is 3. The Bertz CT molecular complexity index is 1190. The fourth-order valence-electron chi connectivity index (χ4n) is 6.16. The summed E-state index contributed by atoms with van der Waals surface area (Å²) < 4.78 is 12.4. The highest BCUT2D eigenvalue weighted by atomic mass is 16.5. The highest BCUT2D eigenvalue weighted by Crippen LogP contribution is 2.68. The van der Waals surface area contributed by atoms with Gasteiger partial charge in [0.2, 0.25) is 0 Å². The van der Waals surface area contributed by atoms with Crippen LogP contribution < -0.4 is 14.8 Å². The molecule has 0 amide bonds. The molecule has 1 fully saturated rings. The number of rotatable bonds is 6. The van der Waals surface area contributed by atoms with Crippen molar-refractivity contribution >= 4 is 0 Å². The van der Waals surface area contributed by atoms with Gasteiger partial charge in [0, 0.05) is 24.0 Å². The minimum Gasteiger partial charge on any atom is -0.495 e. The molecule has 0 saturated heterocycles. The molecule has 176 valence electrons. The smallest absolute Gasteiger partial charge is 0.173 e. The van der Waals surface area contributed by atoms with E-state index in [-0.39, 0.29) is 11.8 Å². The van der Waals surface area contributed by atoms with Crippen molar-refractivity contribution in [2.45, 2.75) is 43.0 Å². The minimum absolute atomic E-state index is 0.347. The monoisotopic (exact) mass is 459 g/mol. The van der Waals surface area contributed by atoms with Crippen LogP contribution in [0.5, 0.6) is 11.5 Å². The summed E-state index contributed by atoms with van der Waals surface area (Å²) in [6.45, 7) is 3.25. The van der Waals surface area contributed by atoms with Gasteiger partial charge in [0.05, 0.1) is 37.2 Å². The van der Waals surface area contributed by atoms with Gasteiger partial charge in [-0.25, -0.2) is 0 Å². The number of pyridine rings is 1. The molecule has 2 aromatic rings. The molecule has 34 heavy (non-hydrogen) atoms. The summed E-state index contributed by atoms with van der Waals surface area (Å²) in [7, 11) is 1.52. The highest BCUT2D eigenvalue weighted by Gasteiger charge is 2.77. The molecule has 1 aliphatic heterocycles. The fraction of sp³-hybridized carbons (Fsp3) is 0.407. The SMILES string of the molecule is CCNC[C@H]1[C@@H](O)[C@@]2(O)c3c(OC)cncc3O[C@@]2(C2=CC=C(C#N)CC2)[C@H]1c1ccccc1. The Morgan fingerprint density at radius 3 is 2.68 bits per heavy atom. The summed E-state index contributed by atoms with van der Waals surface area (Å²) in [6, 6.07) is 12.1. The molecule has 1 saturated carbocycles. The molecule has 0 spiro atoms. The second kappa shape index (κ2) is 8.55. The number of aliphatic hydroxyl groups excluding tert-OH is 1. The lowest BCUT2D eigenvalue weighted by Crippen LogP contribution is -2.56. The molecule has 0 bridgehead atoms. The van der Waals surface area contributed by atoms with Crippen LogP contribution in [0, 0.1) is 17.2 Å². The van der Waals surface area contributed by atoms with Gasteiger partial charge >= 0.3 is 0 Å². The first kappa shape index (κ1) is 22.6. The van der Waals surface area contributed by atoms with Gasteiger partial charge in [-0.1, -0.05) is 43.3 Å². The number of hydrogen-bond acceptors (Lipinski definition) is 7. The van der Waals surface area contributed by atoms with E-state index in [2.05, 4.69) is 16.4 Å². The van der Waals surface area contributed by atoms with Gasteiger partial charge in [0.15, 0.2) is 11.2 Å². The van der Waals surface area contributed by atoms with Crippen LogP contribution in [0.25, 0.3) is 0 Å². The van der Waals surface area contributed by atoms with Crippen LogP contribution in [-0.4, -0.2) is 47.1 Å². The third kappa shape index (κ3) is 2.96. The maximum atomic E-state index is 12.7. The van der Waals surface area contributed by atoms with Gasteiger partial charge in [0.25, 0.3) is 0 Å². The average molecular weight is 460 g/mol. The summed E-state index contributed by atoms with van der Waals surface area (Å²) in [5.41, 5.74) is -0.147. The lowest BCUT2D eigenvalue weighted by molar-refractivity contribution is -0.133. The Morgan fingerprint density at radius 1 is 1.24 bits per heavy atom. The van der Waals surface area contributed by atoms with Crippen LogP contribution >= 0.6 is 0 Å². The third-order valence-electron chi connectivity index (χ3n) is 7.57. The lowest BCUT2D eigenvalue weighted by atomic mass is 9.68. The van der Waals surface area contributed by atoms with E-state index in [1.165, 1.54) is 7.11 Å². The predicted octanol–water partition coefficient (Wildman–Crippen LogP) is 2.96. The molecule has 0 unspecified atom stereocenters. The quantitative estimate of drug-likeness (QED) is 0.610. The number of aliphatic hydroxyl groups is 2. The van der Waals surface area contributed by atoms with E-state index in [1.807, 2.05) is 43.3 Å². The number of nitrogens with zero attached hydrogens (tertiary/aromatic N) is 2. The van der Waals surface area contributed by atoms with E-state index in [0.717, 1.165) is 17.7 Å². The van der Waals surface area contributed by atoms with Gasteiger partial charge < -0.3 is 25.0 Å². The van der Waals surface area contributed by atoms with Gasteiger partial charge in [-0.05, 0) is 36.6 Å². The molecule has 2 heterocycles. The standard InChI is InChI=1S/C27H29N3O4/c1-3-29-14-20-23(18-7-5-4-6-8-18)27(19-11-9-17(13-28)10-12-19)26(32,25(20)31)24-21(33-2)15-30-16-22(24)34-27/h4-9,11,15-16,20,23,25,29,31-32H,3,10,12,14H2,1-2H3/t20-,23+,25-,26+,27+/m1/s1. The number of methoxy groups -OCH3 is 1. The first-order valence-electron chi connectivity index (χ1n) is 11.7. The number of nitriles is 1. The first-order chi connectivity index (χ1) is 16.5. The Labute approximate surface area is 199 Å². The minimum atomic E-state index is -1.78. The van der Waals surface area contributed by atoms with E-state index in [0.29, 0.717) is 42.0 Å². The van der Waals surface area contributed by atoms with Crippen molar-refractivity contribution in [1.29, 1.82) is 5.26 Å². The van der Waals surface area contributed by atoms with Gasteiger partial charge in [-0.3, -0.25) is 4.98 Å². The fourth-order valence-corrected chi connectivity index (χ4v) is 6.16. The average Bonchev–Trinajstić information content (AvgIpc) is 3.26. The zero-order valence-electron chi connectivity index (χ0n) is 19.4. The van der Waals surface area contributed by atoms with Crippen molar-refractivity contribution in [3.8, 4) is 17.6 Å². The third-order valence-corrected chi connectivity index (χ3v) is 7.57. The molecule has 7 heteroatoms. The maximum absolute atomic E-state index is 12.7. The number of benzene rings is 1. The summed E-state index contributed by atoms with van der Waals surface area (Å²) in [4.78, 5) is 4.25. The second-order valence-electron chi connectivity index (χ2n) is 9.12. The van der Waals surface area contributed by atoms with Crippen molar-refractivity contribution in [1.82, 2.24) is 10.3 Å². The Balaban J connectivity index is 1.81. The van der Waals surface area contributed by atoms with Gasteiger partial charge in [0.1, 0.15) is 11.5 Å². The predicted molar refractivity (Wildman–Crippen MR) is 126 cm³/mol. The Hall–Kier alpha value is -3.18. The topological polar surface area (TPSA) is 108 Å². The summed E-state index contributed by atoms with van der Waals surface area (Å²) in [5, 5.41) is 37.3. The molecule has 1 aromatic carbocycles. The lowest BCUT2D eigenvalue weighted by Gasteiger charge is -2.43. The second-order valence-corrected chi connectivity index (χ2v) is 9.12. The molecule has 5 rings (SSSR count). The number of fused-ring (bicyclic) bond motifs is 3. The number of nitrogens with one attached hydrogen (secondary N) is 1. The molecule has 5 atom stereocenters. The molecule has 7 nitrogen and oxygen atoms in total. The van der Waals surface area contributed by atoms with Crippen LogP contribution in [0.3, 0.4) is 0 Å².